The van der Waals surface area contributed by atoms with Gasteiger partial charge in [0.25, 0.3) is 5.91 Å². The van der Waals surface area contributed by atoms with Crippen LogP contribution < -0.4 is 5.32 Å². The second-order valence-electron chi connectivity index (χ2n) is 6.20. The zero-order valence-electron chi connectivity index (χ0n) is 14.1. The van der Waals surface area contributed by atoms with Crippen LogP contribution in [0.3, 0.4) is 0 Å². The molecule has 1 aliphatic rings. The summed E-state index contributed by atoms with van der Waals surface area (Å²) in [5.41, 5.74) is 1.74. The number of nitrogens with zero attached hydrogens (tertiary/aromatic N) is 1. The van der Waals surface area contributed by atoms with Crippen molar-refractivity contribution in [3.05, 3.63) is 56.7 Å². The van der Waals surface area contributed by atoms with Gasteiger partial charge in [-0.2, -0.15) is 0 Å². The highest BCUT2D eigenvalue weighted by atomic mass is 35.5. The minimum absolute atomic E-state index is 0.000938. The van der Waals surface area contributed by atoms with Crippen molar-refractivity contribution >= 4 is 34.8 Å². The Morgan fingerprint density at radius 3 is 2.76 bits per heavy atom. The van der Waals surface area contributed by atoms with Crippen molar-refractivity contribution in [2.75, 3.05) is 6.54 Å². The molecule has 0 spiro atoms. The second-order valence-corrected chi connectivity index (χ2v) is 7.64. The average molecular weight is 377 g/mol. The molecule has 2 amide bonds. The number of benzene rings is 1. The third kappa shape index (κ3) is 4.22. The molecule has 0 bridgehead atoms. The molecule has 1 aliphatic heterocycles. The number of hydrogen-bond donors (Lipinski definition) is 1. The Hall–Kier alpha value is -1.85. The van der Waals surface area contributed by atoms with Crippen LogP contribution in [0.2, 0.25) is 5.02 Å². The first-order valence-corrected chi connectivity index (χ1v) is 9.74. The number of carbonyl (C=O) groups is 2. The van der Waals surface area contributed by atoms with Gasteiger partial charge in [0.1, 0.15) is 6.04 Å². The van der Waals surface area contributed by atoms with E-state index in [-0.39, 0.29) is 11.8 Å². The zero-order valence-corrected chi connectivity index (χ0v) is 15.7. The molecule has 1 aromatic carbocycles. The van der Waals surface area contributed by atoms with Gasteiger partial charge >= 0.3 is 0 Å². The van der Waals surface area contributed by atoms with Gasteiger partial charge in [-0.25, -0.2) is 0 Å². The summed E-state index contributed by atoms with van der Waals surface area (Å²) in [5, 5.41) is 5.55. The van der Waals surface area contributed by atoms with E-state index in [2.05, 4.69) is 16.8 Å². The first-order valence-electron chi connectivity index (χ1n) is 8.49. The minimum atomic E-state index is -0.492. The molecule has 0 radical (unpaired) electrons. The van der Waals surface area contributed by atoms with Crippen LogP contribution in [0.5, 0.6) is 0 Å². The second kappa shape index (κ2) is 8.02. The monoisotopic (exact) mass is 376 g/mol. The first-order chi connectivity index (χ1) is 12.1. The van der Waals surface area contributed by atoms with E-state index in [0.29, 0.717) is 30.1 Å². The molecule has 0 fully saturated rings. The molecule has 3 rings (SSSR count). The van der Waals surface area contributed by atoms with Crippen molar-refractivity contribution in [2.45, 2.75) is 38.8 Å². The van der Waals surface area contributed by atoms with Gasteiger partial charge in [0.05, 0.1) is 0 Å². The Morgan fingerprint density at radius 1 is 1.28 bits per heavy atom. The third-order valence-corrected chi connectivity index (χ3v) is 5.68. The SMILES string of the molecule is CCC[C@H](NC(=O)c1ccc(Cl)cc1)C(=O)N1CCc2sccc2C1. The normalized spacial score (nSPS) is 14.7. The van der Waals surface area contributed by atoms with E-state index in [1.165, 1.54) is 10.4 Å². The van der Waals surface area contributed by atoms with E-state index in [0.717, 1.165) is 12.8 Å². The van der Waals surface area contributed by atoms with Gasteiger partial charge in [-0.05, 0) is 54.1 Å². The summed E-state index contributed by atoms with van der Waals surface area (Å²) in [6, 6.07) is 8.29. The summed E-state index contributed by atoms with van der Waals surface area (Å²) in [5.74, 6) is -0.238. The molecule has 25 heavy (non-hydrogen) atoms. The summed E-state index contributed by atoms with van der Waals surface area (Å²) < 4.78 is 0. The highest BCUT2D eigenvalue weighted by Gasteiger charge is 2.28. The molecule has 0 saturated carbocycles. The van der Waals surface area contributed by atoms with Crippen molar-refractivity contribution in [2.24, 2.45) is 0 Å². The van der Waals surface area contributed by atoms with Gasteiger partial charge in [0.2, 0.25) is 5.91 Å². The molecular weight excluding hydrogens is 356 g/mol. The maximum absolute atomic E-state index is 12.9. The molecule has 1 atom stereocenters. The molecule has 0 saturated heterocycles. The summed E-state index contributed by atoms with van der Waals surface area (Å²) in [7, 11) is 0. The summed E-state index contributed by atoms with van der Waals surface area (Å²) in [6.07, 6.45) is 2.35. The van der Waals surface area contributed by atoms with Crippen LogP contribution in [0.25, 0.3) is 0 Å². The van der Waals surface area contributed by atoms with Crippen LogP contribution in [-0.4, -0.2) is 29.3 Å². The number of nitrogens with one attached hydrogen (secondary N) is 1. The van der Waals surface area contributed by atoms with E-state index in [9.17, 15) is 9.59 Å². The van der Waals surface area contributed by atoms with Crippen LogP contribution in [0.1, 0.15) is 40.6 Å². The maximum atomic E-state index is 12.9. The lowest BCUT2D eigenvalue weighted by Crippen LogP contribution is -2.49. The molecule has 2 aromatic rings. The van der Waals surface area contributed by atoms with Gasteiger partial charge in [-0.3, -0.25) is 9.59 Å². The summed E-state index contributed by atoms with van der Waals surface area (Å²) in [4.78, 5) is 28.6. The smallest absolute Gasteiger partial charge is 0.251 e. The quantitative estimate of drug-likeness (QED) is 0.860. The van der Waals surface area contributed by atoms with Crippen molar-refractivity contribution in [3.63, 3.8) is 0 Å². The predicted molar refractivity (Wildman–Crippen MR) is 101 cm³/mol. The van der Waals surface area contributed by atoms with Gasteiger partial charge in [-0.1, -0.05) is 24.9 Å². The van der Waals surface area contributed by atoms with E-state index in [1.807, 2.05) is 11.8 Å². The minimum Gasteiger partial charge on any atom is -0.340 e. The number of amides is 2. The molecule has 1 aromatic heterocycles. The van der Waals surface area contributed by atoms with E-state index in [1.54, 1.807) is 35.6 Å². The third-order valence-electron chi connectivity index (χ3n) is 4.41. The lowest BCUT2D eigenvalue weighted by molar-refractivity contribution is -0.134. The fourth-order valence-corrected chi connectivity index (χ4v) is 4.06. The molecule has 132 valence electrons. The van der Waals surface area contributed by atoms with Crippen molar-refractivity contribution in [1.82, 2.24) is 10.2 Å². The van der Waals surface area contributed by atoms with Crippen molar-refractivity contribution < 1.29 is 9.59 Å². The topological polar surface area (TPSA) is 49.4 Å². The standard InChI is InChI=1S/C19H21ClN2O2S/c1-2-3-16(21-18(23)13-4-6-15(20)7-5-13)19(24)22-10-8-17-14(12-22)9-11-25-17/h4-7,9,11,16H,2-3,8,10,12H2,1H3,(H,21,23)/t16-/m0/s1. The van der Waals surface area contributed by atoms with Crippen LogP contribution in [0.4, 0.5) is 0 Å². The highest BCUT2D eigenvalue weighted by Crippen LogP contribution is 2.24. The number of fused-ring (bicyclic) bond motifs is 1. The van der Waals surface area contributed by atoms with Crippen LogP contribution in [0.15, 0.2) is 35.7 Å². The Balaban J connectivity index is 1.69. The number of halogens is 1. The van der Waals surface area contributed by atoms with Gasteiger partial charge < -0.3 is 10.2 Å². The lowest BCUT2D eigenvalue weighted by atomic mass is 10.1. The lowest BCUT2D eigenvalue weighted by Gasteiger charge is -2.31. The van der Waals surface area contributed by atoms with Crippen molar-refractivity contribution in [3.8, 4) is 0 Å². The summed E-state index contributed by atoms with van der Waals surface area (Å²) in [6.45, 7) is 3.36. The predicted octanol–water partition coefficient (Wildman–Crippen LogP) is 3.88. The largest absolute Gasteiger partial charge is 0.340 e. The average Bonchev–Trinajstić information content (AvgIpc) is 3.09. The first kappa shape index (κ1) is 18.0. The molecule has 1 N–H and O–H groups in total. The fraction of sp³-hybridized carbons (Fsp3) is 0.368. The number of rotatable bonds is 5. The Morgan fingerprint density at radius 2 is 2.04 bits per heavy atom. The number of thiophene rings is 1. The van der Waals surface area contributed by atoms with Crippen LogP contribution >= 0.6 is 22.9 Å². The Bertz CT molecular complexity index is 757. The van der Waals surface area contributed by atoms with Crippen molar-refractivity contribution in [1.29, 1.82) is 0 Å². The zero-order chi connectivity index (χ0) is 17.8. The van der Waals surface area contributed by atoms with Gasteiger partial charge in [0, 0.05) is 28.6 Å². The molecule has 2 heterocycles. The molecule has 0 unspecified atom stereocenters. The highest BCUT2D eigenvalue weighted by molar-refractivity contribution is 7.10. The van der Waals surface area contributed by atoms with Crippen LogP contribution in [0, 0.1) is 0 Å². The Kier molecular flexibility index (Phi) is 5.76. The number of carbonyl (C=O) groups excluding carboxylic acids is 2. The Labute approximate surface area is 156 Å². The fourth-order valence-electron chi connectivity index (χ4n) is 3.05. The van der Waals surface area contributed by atoms with E-state index < -0.39 is 6.04 Å². The molecule has 4 nitrogen and oxygen atoms in total. The van der Waals surface area contributed by atoms with Gasteiger partial charge in [-0.15, -0.1) is 11.3 Å². The molecule has 6 heteroatoms. The maximum Gasteiger partial charge on any atom is 0.251 e. The molecular formula is C19H21ClN2O2S. The van der Waals surface area contributed by atoms with E-state index in [4.69, 9.17) is 11.6 Å². The molecule has 0 aliphatic carbocycles. The summed E-state index contributed by atoms with van der Waals surface area (Å²) >= 11 is 7.61. The van der Waals surface area contributed by atoms with Crippen LogP contribution in [-0.2, 0) is 17.8 Å². The number of hydrogen-bond acceptors (Lipinski definition) is 3. The van der Waals surface area contributed by atoms with Gasteiger partial charge in [0.15, 0.2) is 0 Å². The van der Waals surface area contributed by atoms with E-state index >= 15 is 0 Å².